The largest absolute Gasteiger partial charge is 0.378 e. The maximum Gasteiger partial charge on any atom is 0.227 e. The summed E-state index contributed by atoms with van der Waals surface area (Å²) in [5.41, 5.74) is 7.65. The van der Waals surface area contributed by atoms with Crippen molar-refractivity contribution >= 4 is 11.6 Å². The topological polar surface area (TPSA) is 55.6 Å². The average molecular weight is 276 g/mol. The van der Waals surface area contributed by atoms with Crippen LogP contribution in [0.4, 0.5) is 5.69 Å². The van der Waals surface area contributed by atoms with Gasteiger partial charge in [-0.3, -0.25) is 4.79 Å². The summed E-state index contributed by atoms with van der Waals surface area (Å²) < 4.78 is 5.53. The predicted octanol–water partition coefficient (Wildman–Crippen LogP) is 2.31. The second kappa shape index (κ2) is 6.86. The molecule has 0 heterocycles. The second-order valence-corrected chi connectivity index (χ2v) is 5.40. The summed E-state index contributed by atoms with van der Waals surface area (Å²) >= 11 is 0. The number of amides is 1. The number of hydrogen-bond donors (Lipinski definition) is 1. The minimum atomic E-state index is 0.158. The Balaban J connectivity index is 1.89. The van der Waals surface area contributed by atoms with Gasteiger partial charge in [0.2, 0.25) is 5.91 Å². The van der Waals surface area contributed by atoms with Crippen molar-refractivity contribution in [3.63, 3.8) is 0 Å². The lowest BCUT2D eigenvalue weighted by Gasteiger charge is -2.35. The lowest BCUT2D eigenvalue weighted by atomic mass is 9.79. The van der Waals surface area contributed by atoms with Gasteiger partial charge in [-0.25, -0.2) is 0 Å². The van der Waals surface area contributed by atoms with E-state index < -0.39 is 0 Å². The quantitative estimate of drug-likeness (QED) is 0.867. The lowest BCUT2D eigenvalue weighted by Crippen LogP contribution is -2.36. The first-order valence-corrected chi connectivity index (χ1v) is 7.31. The second-order valence-electron chi connectivity index (χ2n) is 5.40. The first-order chi connectivity index (χ1) is 9.65. The molecule has 1 aliphatic carbocycles. The first-order valence-electron chi connectivity index (χ1n) is 7.31. The van der Waals surface area contributed by atoms with Crippen molar-refractivity contribution in [2.24, 2.45) is 11.7 Å². The Labute approximate surface area is 120 Å². The Morgan fingerprint density at radius 1 is 1.40 bits per heavy atom. The molecular formula is C16H24N2O2. The van der Waals surface area contributed by atoms with Crippen molar-refractivity contribution in [3.05, 3.63) is 29.8 Å². The van der Waals surface area contributed by atoms with Crippen molar-refractivity contribution < 1.29 is 9.53 Å². The van der Waals surface area contributed by atoms with E-state index in [9.17, 15) is 4.79 Å². The molecule has 0 radical (unpaired) electrons. The maximum absolute atomic E-state index is 12.3. The summed E-state index contributed by atoms with van der Waals surface area (Å²) in [5.74, 6) is 0.623. The fourth-order valence-electron chi connectivity index (χ4n) is 2.74. The van der Waals surface area contributed by atoms with E-state index >= 15 is 0 Å². The van der Waals surface area contributed by atoms with Crippen LogP contribution >= 0.6 is 0 Å². The van der Waals surface area contributed by atoms with Gasteiger partial charge < -0.3 is 15.4 Å². The van der Waals surface area contributed by atoms with Crippen LogP contribution in [-0.4, -0.2) is 25.7 Å². The van der Waals surface area contributed by atoms with Gasteiger partial charge >= 0.3 is 0 Å². The number of para-hydroxylation sites is 1. The van der Waals surface area contributed by atoms with Gasteiger partial charge in [0, 0.05) is 32.3 Å². The Hall–Kier alpha value is -1.39. The molecule has 0 spiro atoms. The molecule has 2 rings (SSSR count). The van der Waals surface area contributed by atoms with Crippen molar-refractivity contribution in [2.75, 3.05) is 18.6 Å². The fraction of sp³-hybridized carbons (Fsp3) is 0.562. The van der Waals surface area contributed by atoms with Gasteiger partial charge in [-0.15, -0.1) is 0 Å². The van der Waals surface area contributed by atoms with E-state index in [4.69, 9.17) is 10.5 Å². The highest BCUT2D eigenvalue weighted by atomic mass is 16.5. The number of anilines is 1. The first kappa shape index (κ1) is 15.0. The Bertz CT molecular complexity index is 456. The van der Waals surface area contributed by atoms with Crippen LogP contribution in [0.3, 0.4) is 0 Å². The molecule has 1 amide bonds. The van der Waals surface area contributed by atoms with Gasteiger partial charge in [0.05, 0.1) is 6.10 Å². The molecular weight excluding hydrogens is 252 g/mol. The molecule has 2 N–H and O–H groups in total. The van der Waals surface area contributed by atoms with Gasteiger partial charge in [-0.2, -0.15) is 0 Å². The molecule has 1 saturated carbocycles. The molecule has 1 aliphatic rings. The van der Waals surface area contributed by atoms with E-state index in [0.29, 0.717) is 25.0 Å². The molecule has 0 atom stereocenters. The van der Waals surface area contributed by atoms with Crippen LogP contribution < -0.4 is 10.6 Å². The minimum Gasteiger partial charge on any atom is -0.378 e. The van der Waals surface area contributed by atoms with Gasteiger partial charge in [0.15, 0.2) is 0 Å². The van der Waals surface area contributed by atoms with E-state index in [0.717, 1.165) is 30.7 Å². The van der Waals surface area contributed by atoms with Crippen molar-refractivity contribution in [2.45, 2.75) is 38.8 Å². The molecule has 20 heavy (non-hydrogen) atoms. The van der Waals surface area contributed by atoms with Gasteiger partial charge in [0.1, 0.15) is 0 Å². The molecule has 0 bridgehead atoms. The highest BCUT2D eigenvalue weighted by molar-refractivity contribution is 5.93. The molecule has 1 aromatic rings. The van der Waals surface area contributed by atoms with E-state index in [1.165, 1.54) is 0 Å². The van der Waals surface area contributed by atoms with Crippen LogP contribution in [0, 0.1) is 5.92 Å². The van der Waals surface area contributed by atoms with Crippen molar-refractivity contribution in [1.82, 2.24) is 0 Å². The number of nitrogens with zero attached hydrogens (tertiary/aromatic N) is 1. The van der Waals surface area contributed by atoms with Crippen LogP contribution in [-0.2, 0) is 16.1 Å². The lowest BCUT2D eigenvalue weighted by molar-refractivity contribution is -0.121. The average Bonchev–Trinajstić information content (AvgIpc) is 2.44. The third kappa shape index (κ3) is 3.38. The van der Waals surface area contributed by atoms with Crippen LogP contribution in [0.25, 0.3) is 0 Å². The summed E-state index contributed by atoms with van der Waals surface area (Å²) in [5, 5.41) is 0. The van der Waals surface area contributed by atoms with Gasteiger partial charge in [-0.05, 0) is 37.3 Å². The number of benzene rings is 1. The zero-order valence-corrected chi connectivity index (χ0v) is 12.3. The normalized spacial score (nSPS) is 21.4. The number of ether oxygens (including phenoxy) is 1. The van der Waals surface area contributed by atoms with Crippen molar-refractivity contribution in [1.29, 1.82) is 0 Å². The third-order valence-electron chi connectivity index (χ3n) is 4.01. The number of hydrogen-bond acceptors (Lipinski definition) is 3. The summed E-state index contributed by atoms with van der Waals surface area (Å²) in [6, 6.07) is 7.80. The van der Waals surface area contributed by atoms with Crippen molar-refractivity contribution in [3.8, 4) is 0 Å². The molecule has 1 fully saturated rings. The zero-order valence-electron chi connectivity index (χ0n) is 12.3. The standard InChI is InChI=1S/C16H24N2O2/c1-3-20-14-8-12(9-14)10-16(19)18(2)15-7-5-4-6-13(15)11-17/h4-7,12,14H,3,8-11,17H2,1-2H3. The summed E-state index contributed by atoms with van der Waals surface area (Å²) in [6.45, 7) is 3.22. The molecule has 0 aromatic heterocycles. The molecule has 4 heteroatoms. The van der Waals surface area contributed by atoms with Crippen LogP contribution in [0.1, 0.15) is 31.7 Å². The molecule has 0 saturated heterocycles. The predicted molar refractivity (Wildman–Crippen MR) is 80.5 cm³/mol. The van der Waals surface area contributed by atoms with Gasteiger partial charge in [0.25, 0.3) is 0 Å². The minimum absolute atomic E-state index is 0.158. The summed E-state index contributed by atoms with van der Waals surface area (Å²) in [6.07, 6.45) is 2.97. The number of rotatable bonds is 6. The van der Waals surface area contributed by atoms with E-state index in [-0.39, 0.29) is 5.91 Å². The van der Waals surface area contributed by atoms with Gasteiger partial charge in [-0.1, -0.05) is 18.2 Å². The van der Waals surface area contributed by atoms with E-state index in [1.807, 2.05) is 38.2 Å². The number of nitrogens with two attached hydrogens (primary N) is 1. The van der Waals surface area contributed by atoms with E-state index in [2.05, 4.69) is 0 Å². The monoisotopic (exact) mass is 276 g/mol. The fourth-order valence-corrected chi connectivity index (χ4v) is 2.74. The SMILES string of the molecule is CCOC1CC(CC(=O)N(C)c2ccccc2CN)C1. The smallest absolute Gasteiger partial charge is 0.227 e. The Morgan fingerprint density at radius 2 is 2.10 bits per heavy atom. The maximum atomic E-state index is 12.3. The number of carbonyl (C=O) groups excluding carboxylic acids is 1. The molecule has 0 unspecified atom stereocenters. The highest BCUT2D eigenvalue weighted by Gasteiger charge is 2.32. The highest BCUT2D eigenvalue weighted by Crippen LogP contribution is 2.33. The third-order valence-corrected chi connectivity index (χ3v) is 4.01. The molecule has 4 nitrogen and oxygen atoms in total. The Kier molecular flexibility index (Phi) is 5.15. The molecule has 110 valence electrons. The summed E-state index contributed by atoms with van der Waals surface area (Å²) in [4.78, 5) is 14.1. The van der Waals surface area contributed by atoms with E-state index in [1.54, 1.807) is 4.90 Å². The zero-order chi connectivity index (χ0) is 14.5. The Morgan fingerprint density at radius 3 is 2.75 bits per heavy atom. The summed E-state index contributed by atoms with van der Waals surface area (Å²) in [7, 11) is 1.83. The van der Waals surface area contributed by atoms with Crippen LogP contribution in [0.2, 0.25) is 0 Å². The molecule has 1 aromatic carbocycles. The number of carbonyl (C=O) groups is 1. The van der Waals surface area contributed by atoms with Crippen LogP contribution in [0.5, 0.6) is 0 Å². The van der Waals surface area contributed by atoms with Crippen LogP contribution in [0.15, 0.2) is 24.3 Å². The molecule has 0 aliphatic heterocycles.